The second-order valence-electron chi connectivity index (χ2n) is 5.48. The molecule has 0 bridgehead atoms. The van der Waals surface area contributed by atoms with Gasteiger partial charge in [0.05, 0.1) is 0 Å². The van der Waals surface area contributed by atoms with E-state index in [0.29, 0.717) is 11.4 Å². The molecule has 0 heterocycles. The Bertz CT molecular complexity index is 895. The first kappa shape index (κ1) is 17.7. The fourth-order valence-corrected chi connectivity index (χ4v) is 2.50. The maximum absolute atomic E-state index is 12.0. The minimum Gasteiger partial charge on any atom is -0.356 e. The fourth-order valence-electron chi connectivity index (χ4n) is 2.23. The van der Waals surface area contributed by atoms with E-state index in [9.17, 15) is 9.59 Å². The molecule has 0 aromatic heterocycles. The van der Waals surface area contributed by atoms with Crippen molar-refractivity contribution in [3.63, 3.8) is 0 Å². The Labute approximate surface area is 159 Å². The number of halogens is 1. The van der Waals surface area contributed by atoms with Crippen LogP contribution >= 0.6 is 15.9 Å². The van der Waals surface area contributed by atoms with Crippen LogP contribution in [0.2, 0.25) is 0 Å². The molecule has 3 rings (SSSR count). The van der Waals surface area contributed by atoms with Crippen LogP contribution in [0.5, 0.6) is 0 Å². The highest BCUT2D eigenvalue weighted by atomic mass is 79.9. The van der Waals surface area contributed by atoms with Crippen LogP contribution in [-0.2, 0) is 9.59 Å². The molecule has 2 amide bonds. The highest BCUT2D eigenvalue weighted by molar-refractivity contribution is 9.10. The molecule has 5 nitrogen and oxygen atoms in total. The molecule has 26 heavy (non-hydrogen) atoms. The molecule has 0 saturated heterocycles. The van der Waals surface area contributed by atoms with Gasteiger partial charge in [-0.3, -0.25) is 9.59 Å². The summed E-state index contributed by atoms with van der Waals surface area (Å²) in [5, 5.41) is 8.37. The Morgan fingerprint density at radius 2 is 1.00 bits per heavy atom. The molecule has 0 radical (unpaired) electrons. The maximum atomic E-state index is 12.0. The van der Waals surface area contributed by atoms with Crippen molar-refractivity contribution in [3.05, 3.63) is 83.3 Å². The van der Waals surface area contributed by atoms with Crippen LogP contribution in [0.15, 0.2) is 83.3 Å². The summed E-state index contributed by atoms with van der Waals surface area (Å²) in [6.07, 6.45) is 0. The van der Waals surface area contributed by atoms with Crippen molar-refractivity contribution in [3.8, 4) is 0 Å². The van der Waals surface area contributed by atoms with Crippen LogP contribution in [-0.4, -0.2) is 11.8 Å². The molecule has 0 aliphatic heterocycles. The molecule has 0 saturated carbocycles. The van der Waals surface area contributed by atoms with Crippen molar-refractivity contribution in [2.24, 2.45) is 0 Å². The topological polar surface area (TPSA) is 70.2 Å². The van der Waals surface area contributed by atoms with E-state index in [1.807, 2.05) is 42.5 Å². The molecule has 0 aliphatic rings. The van der Waals surface area contributed by atoms with E-state index in [2.05, 4.69) is 31.9 Å². The summed E-state index contributed by atoms with van der Waals surface area (Å²) in [6.45, 7) is 0. The van der Waals surface area contributed by atoms with Gasteiger partial charge in [0.15, 0.2) is 0 Å². The van der Waals surface area contributed by atoms with Gasteiger partial charge in [0.2, 0.25) is 0 Å². The Balaban J connectivity index is 1.57. The summed E-state index contributed by atoms with van der Waals surface area (Å²) in [5.41, 5.74) is 2.95. The van der Waals surface area contributed by atoms with Crippen LogP contribution in [0.4, 0.5) is 22.7 Å². The Morgan fingerprint density at radius 1 is 0.577 bits per heavy atom. The number of para-hydroxylation sites is 1. The molecule has 6 heteroatoms. The number of rotatable bonds is 4. The molecular weight excluding hydrogens is 394 g/mol. The Morgan fingerprint density at radius 3 is 1.54 bits per heavy atom. The molecular formula is C20H16BrN3O2. The second kappa shape index (κ2) is 8.31. The van der Waals surface area contributed by atoms with Crippen molar-refractivity contribution in [1.29, 1.82) is 0 Å². The molecule has 3 aromatic carbocycles. The summed E-state index contributed by atoms with van der Waals surface area (Å²) >= 11 is 3.31. The lowest BCUT2D eigenvalue weighted by Gasteiger charge is -2.09. The molecule has 0 spiro atoms. The average molecular weight is 410 g/mol. The van der Waals surface area contributed by atoms with Gasteiger partial charge >= 0.3 is 11.8 Å². The molecule has 0 fully saturated rings. The quantitative estimate of drug-likeness (QED) is 0.543. The lowest BCUT2D eigenvalue weighted by atomic mass is 10.2. The van der Waals surface area contributed by atoms with Crippen molar-refractivity contribution in [2.75, 3.05) is 16.0 Å². The molecule has 3 N–H and O–H groups in total. The third-order valence-corrected chi connectivity index (χ3v) is 4.04. The first-order valence-corrected chi connectivity index (χ1v) is 8.69. The summed E-state index contributed by atoms with van der Waals surface area (Å²) in [7, 11) is 0. The summed E-state index contributed by atoms with van der Waals surface area (Å²) in [6, 6.07) is 23.9. The lowest BCUT2D eigenvalue weighted by molar-refractivity contribution is -0.132. The number of carbonyl (C=O) groups is 2. The van der Waals surface area contributed by atoms with Gasteiger partial charge in [0, 0.05) is 27.2 Å². The largest absolute Gasteiger partial charge is 0.356 e. The van der Waals surface area contributed by atoms with Crippen molar-refractivity contribution >= 4 is 50.5 Å². The minimum atomic E-state index is -0.725. The number of hydrogen-bond donors (Lipinski definition) is 3. The molecule has 130 valence electrons. The SMILES string of the molecule is O=C(Nc1ccc(Br)cc1)C(=O)Nc1ccc(Nc2ccccc2)cc1. The van der Waals surface area contributed by atoms with Gasteiger partial charge in [-0.15, -0.1) is 0 Å². The Hall–Kier alpha value is -3.12. The summed E-state index contributed by atoms with van der Waals surface area (Å²) < 4.78 is 0.893. The first-order chi connectivity index (χ1) is 12.6. The second-order valence-corrected chi connectivity index (χ2v) is 6.40. The number of hydrogen-bond acceptors (Lipinski definition) is 3. The van der Waals surface area contributed by atoms with E-state index in [4.69, 9.17) is 0 Å². The van der Waals surface area contributed by atoms with Crippen molar-refractivity contribution in [1.82, 2.24) is 0 Å². The number of benzene rings is 3. The predicted molar refractivity (Wildman–Crippen MR) is 108 cm³/mol. The number of amides is 2. The van der Waals surface area contributed by atoms with E-state index in [-0.39, 0.29) is 0 Å². The smallest absolute Gasteiger partial charge is 0.314 e. The minimum absolute atomic E-state index is 0.541. The van der Waals surface area contributed by atoms with Gasteiger partial charge in [-0.25, -0.2) is 0 Å². The molecule has 0 aliphatic carbocycles. The van der Waals surface area contributed by atoms with E-state index >= 15 is 0 Å². The van der Waals surface area contributed by atoms with Gasteiger partial charge in [-0.1, -0.05) is 34.1 Å². The predicted octanol–water partition coefficient (Wildman–Crippen LogP) is 4.77. The molecule has 0 atom stereocenters. The van der Waals surface area contributed by atoms with Gasteiger partial charge in [-0.2, -0.15) is 0 Å². The van der Waals surface area contributed by atoms with Gasteiger partial charge in [0.25, 0.3) is 0 Å². The lowest BCUT2D eigenvalue weighted by Crippen LogP contribution is -2.29. The van der Waals surface area contributed by atoms with Gasteiger partial charge < -0.3 is 16.0 Å². The first-order valence-electron chi connectivity index (χ1n) is 7.90. The highest BCUT2D eigenvalue weighted by Gasteiger charge is 2.14. The van der Waals surface area contributed by atoms with Crippen LogP contribution < -0.4 is 16.0 Å². The summed E-state index contributed by atoms with van der Waals surface area (Å²) in [4.78, 5) is 24.0. The fraction of sp³-hybridized carbons (Fsp3) is 0. The van der Waals surface area contributed by atoms with Gasteiger partial charge in [-0.05, 0) is 60.7 Å². The van der Waals surface area contributed by atoms with E-state index in [1.54, 1.807) is 36.4 Å². The third kappa shape index (κ3) is 4.94. The zero-order chi connectivity index (χ0) is 18.4. The zero-order valence-corrected chi connectivity index (χ0v) is 15.3. The number of carbonyl (C=O) groups excluding carboxylic acids is 2. The normalized spacial score (nSPS) is 10.0. The van der Waals surface area contributed by atoms with Gasteiger partial charge in [0.1, 0.15) is 0 Å². The number of anilines is 4. The Kier molecular flexibility index (Phi) is 5.66. The molecule has 3 aromatic rings. The van der Waals surface area contributed by atoms with Crippen molar-refractivity contribution < 1.29 is 9.59 Å². The average Bonchev–Trinajstić information content (AvgIpc) is 2.66. The zero-order valence-electron chi connectivity index (χ0n) is 13.7. The van der Waals surface area contributed by atoms with Crippen LogP contribution in [0, 0.1) is 0 Å². The van der Waals surface area contributed by atoms with E-state index < -0.39 is 11.8 Å². The maximum Gasteiger partial charge on any atom is 0.314 e. The van der Waals surface area contributed by atoms with Crippen LogP contribution in [0.1, 0.15) is 0 Å². The van der Waals surface area contributed by atoms with Crippen LogP contribution in [0.25, 0.3) is 0 Å². The summed E-state index contributed by atoms with van der Waals surface area (Å²) in [5.74, 6) is -1.45. The number of nitrogens with one attached hydrogen (secondary N) is 3. The van der Waals surface area contributed by atoms with Crippen molar-refractivity contribution in [2.45, 2.75) is 0 Å². The highest BCUT2D eigenvalue weighted by Crippen LogP contribution is 2.19. The third-order valence-electron chi connectivity index (χ3n) is 3.51. The van der Waals surface area contributed by atoms with E-state index in [0.717, 1.165) is 15.8 Å². The monoisotopic (exact) mass is 409 g/mol. The van der Waals surface area contributed by atoms with Crippen LogP contribution in [0.3, 0.4) is 0 Å². The molecule has 0 unspecified atom stereocenters. The van der Waals surface area contributed by atoms with E-state index in [1.165, 1.54) is 0 Å². The standard InChI is InChI=1S/C20H16BrN3O2/c21-14-6-8-17(9-7-14)23-19(25)20(26)24-18-12-10-16(11-13-18)22-15-4-2-1-3-5-15/h1-13,22H,(H,23,25)(H,24,26).